The molecule has 0 aliphatic carbocycles. The van der Waals surface area contributed by atoms with Crippen LogP contribution in [0.1, 0.15) is 35.7 Å². The third kappa shape index (κ3) is 3.87. The second-order valence-electron chi connectivity index (χ2n) is 5.19. The summed E-state index contributed by atoms with van der Waals surface area (Å²) in [4.78, 5) is 16.6. The summed E-state index contributed by atoms with van der Waals surface area (Å²) in [6.45, 7) is 1.84. The predicted octanol–water partition coefficient (Wildman–Crippen LogP) is 3.71. The van der Waals surface area contributed by atoms with Crippen molar-refractivity contribution in [1.29, 1.82) is 0 Å². The number of carbonyl (C=O) groups excluding carboxylic acids is 1. The topological polar surface area (TPSA) is 75.4 Å². The Morgan fingerprint density at radius 1 is 1.43 bits per heavy atom. The summed E-state index contributed by atoms with van der Waals surface area (Å²) < 4.78 is 5.16. The second-order valence-corrected chi connectivity index (χ2v) is 6.83. The Balaban J connectivity index is 1.58. The molecule has 2 unspecified atom stereocenters. The quantitative estimate of drug-likeness (QED) is 0.712. The van der Waals surface area contributed by atoms with Crippen LogP contribution in [-0.2, 0) is 0 Å². The third-order valence-electron chi connectivity index (χ3n) is 3.33. The SMILES string of the molecule is CC(CC(O)c1ccco1)NC(=O)c1csc(-c2ccsc2)n1. The number of aliphatic hydroxyl groups is 1. The van der Waals surface area contributed by atoms with Gasteiger partial charge >= 0.3 is 0 Å². The molecule has 2 atom stereocenters. The van der Waals surface area contributed by atoms with E-state index in [9.17, 15) is 9.90 Å². The lowest BCUT2D eigenvalue weighted by atomic mass is 10.1. The Morgan fingerprint density at radius 2 is 2.30 bits per heavy atom. The highest BCUT2D eigenvalue weighted by molar-refractivity contribution is 7.14. The molecule has 0 aliphatic rings. The lowest BCUT2D eigenvalue weighted by Crippen LogP contribution is -2.33. The second kappa shape index (κ2) is 7.08. The van der Waals surface area contributed by atoms with E-state index in [1.54, 1.807) is 28.8 Å². The van der Waals surface area contributed by atoms with Crippen LogP contribution in [0.4, 0.5) is 0 Å². The zero-order chi connectivity index (χ0) is 16.2. The first-order valence-electron chi connectivity index (χ1n) is 7.14. The van der Waals surface area contributed by atoms with Gasteiger partial charge in [-0.15, -0.1) is 11.3 Å². The van der Waals surface area contributed by atoms with E-state index >= 15 is 0 Å². The van der Waals surface area contributed by atoms with E-state index in [0.29, 0.717) is 17.9 Å². The number of furan rings is 1. The van der Waals surface area contributed by atoms with Crippen molar-refractivity contribution in [2.45, 2.75) is 25.5 Å². The first kappa shape index (κ1) is 15.9. The normalized spacial score (nSPS) is 13.7. The smallest absolute Gasteiger partial charge is 0.270 e. The van der Waals surface area contributed by atoms with Gasteiger partial charge in [0.05, 0.1) is 6.26 Å². The molecular formula is C16H16N2O3S2. The molecule has 0 aliphatic heterocycles. The van der Waals surface area contributed by atoms with Gasteiger partial charge in [0.25, 0.3) is 5.91 Å². The first-order valence-corrected chi connectivity index (χ1v) is 8.96. The Bertz CT molecular complexity index is 750. The van der Waals surface area contributed by atoms with Crippen molar-refractivity contribution in [3.63, 3.8) is 0 Å². The molecule has 120 valence electrons. The van der Waals surface area contributed by atoms with Crippen molar-refractivity contribution in [1.82, 2.24) is 10.3 Å². The van der Waals surface area contributed by atoms with Crippen molar-refractivity contribution in [2.24, 2.45) is 0 Å². The average molecular weight is 348 g/mol. The van der Waals surface area contributed by atoms with Crippen LogP contribution in [0.3, 0.4) is 0 Å². The summed E-state index contributed by atoms with van der Waals surface area (Å²) in [7, 11) is 0. The van der Waals surface area contributed by atoms with Gasteiger partial charge in [-0.2, -0.15) is 11.3 Å². The Morgan fingerprint density at radius 3 is 3.00 bits per heavy atom. The van der Waals surface area contributed by atoms with Crippen LogP contribution in [0.15, 0.2) is 45.0 Å². The Hall–Kier alpha value is -1.96. The Labute approximate surface area is 141 Å². The fourth-order valence-corrected chi connectivity index (χ4v) is 3.70. The number of nitrogens with zero attached hydrogens (tertiary/aromatic N) is 1. The summed E-state index contributed by atoms with van der Waals surface area (Å²) >= 11 is 3.04. The van der Waals surface area contributed by atoms with Crippen molar-refractivity contribution in [3.8, 4) is 10.6 Å². The maximum absolute atomic E-state index is 12.2. The molecule has 7 heteroatoms. The van der Waals surface area contributed by atoms with E-state index in [2.05, 4.69) is 10.3 Å². The number of carbonyl (C=O) groups is 1. The van der Waals surface area contributed by atoms with Crippen LogP contribution in [0, 0.1) is 0 Å². The largest absolute Gasteiger partial charge is 0.467 e. The monoisotopic (exact) mass is 348 g/mol. The molecule has 0 spiro atoms. The number of hydrogen-bond acceptors (Lipinski definition) is 6. The highest BCUT2D eigenvalue weighted by atomic mass is 32.1. The van der Waals surface area contributed by atoms with Gasteiger partial charge in [0, 0.05) is 28.8 Å². The lowest BCUT2D eigenvalue weighted by Gasteiger charge is -2.16. The number of aliphatic hydroxyl groups excluding tert-OH is 1. The zero-order valence-electron chi connectivity index (χ0n) is 12.4. The molecule has 0 bridgehead atoms. The number of aromatic nitrogens is 1. The fraction of sp³-hybridized carbons (Fsp3) is 0.250. The van der Waals surface area contributed by atoms with Crippen molar-refractivity contribution < 1.29 is 14.3 Å². The van der Waals surface area contributed by atoms with Crippen molar-refractivity contribution in [3.05, 3.63) is 52.1 Å². The van der Waals surface area contributed by atoms with Crippen LogP contribution in [0.25, 0.3) is 10.6 Å². The van der Waals surface area contributed by atoms with E-state index < -0.39 is 6.10 Å². The fourth-order valence-electron chi connectivity index (χ4n) is 2.19. The highest BCUT2D eigenvalue weighted by Gasteiger charge is 2.18. The number of amides is 1. The van der Waals surface area contributed by atoms with Gasteiger partial charge in [0.2, 0.25) is 0 Å². The van der Waals surface area contributed by atoms with Crippen molar-refractivity contribution >= 4 is 28.6 Å². The molecule has 3 aromatic rings. The summed E-state index contributed by atoms with van der Waals surface area (Å²) in [6.07, 6.45) is 1.15. The number of rotatable bonds is 6. The minimum absolute atomic E-state index is 0.200. The predicted molar refractivity (Wildman–Crippen MR) is 90.6 cm³/mol. The van der Waals surface area contributed by atoms with Gasteiger partial charge in [0.1, 0.15) is 22.6 Å². The molecule has 0 aromatic carbocycles. The maximum Gasteiger partial charge on any atom is 0.270 e. The van der Waals surface area contributed by atoms with E-state index in [4.69, 9.17) is 4.42 Å². The van der Waals surface area contributed by atoms with Crippen LogP contribution in [0.5, 0.6) is 0 Å². The summed E-state index contributed by atoms with van der Waals surface area (Å²) in [5, 5.41) is 19.5. The minimum Gasteiger partial charge on any atom is -0.467 e. The molecule has 0 radical (unpaired) electrons. The number of thiophene rings is 1. The highest BCUT2D eigenvalue weighted by Crippen LogP contribution is 2.26. The molecule has 1 amide bonds. The average Bonchev–Trinajstić information content (AvgIpc) is 3.27. The van der Waals surface area contributed by atoms with Gasteiger partial charge in [-0.1, -0.05) is 0 Å². The van der Waals surface area contributed by atoms with Crippen LogP contribution >= 0.6 is 22.7 Å². The molecule has 0 saturated heterocycles. The van der Waals surface area contributed by atoms with E-state index in [-0.39, 0.29) is 11.9 Å². The van der Waals surface area contributed by atoms with E-state index in [1.165, 1.54) is 17.6 Å². The summed E-state index contributed by atoms with van der Waals surface area (Å²) in [5.74, 6) is 0.265. The summed E-state index contributed by atoms with van der Waals surface area (Å²) in [5.41, 5.74) is 1.43. The molecule has 3 rings (SSSR count). The molecule has 2 N–H and O–H groups in total. The molecular weight excluding hydrogens is 332 g/mol. The number of hydrogen-bond donors (Lipinski definition) is 2. The van der Waals surface area contributed by atoms with Crippen LogP contribution in [0.2, 0.25) is 0 Å². The molecule has 3 heterocycles. The van der Waals surface area contributed by atoms with Crippen molar-refractivity contribution in [2.75, 3.05) is 0 Å². The van der Waals surface area contributed by atoms with Gasteiger partial charge in [-0.25, -0.2) is 4.98 Å². The molecule has 3 aromatic heterocycles. The van der Waals surface area contributed by atoms with Gasteiger partial charge in [-0.3, -0.25) is 4.79 Å². The van der Waals surface area contributed by atoms with E-state index in [1.807, 2.05) is 23.8 Å². The van der Waals surface area contributed by atoms with Crippen LogP contribution in [-0.4, -0.2) is 22.0 Å². The lowest BCUT2D eigenvalue weighted by molar-refractivity contribution is 0.0899. The van der Waals surface area contributed by atoms with Crippen LogP contribution < -0.4 is 5.32 Å². The molecule has 23 heavy (non-hydrogen) atoms. The van der Waals surface area contributed by atoms with Gasteiger partial charge in [0.15, 0.2) is 0 Å². The standard InChI is InChI=1S/C16H16N2O3S2/c1-10(7-13(19)14-3-2-5-21-14)17-15(20)12-9-23-16(18-12)11-4-6-22-8-11/h2-6,8-10,13,19H,7H2,1H3,(H,17,20). The first-order chi connectivity index (χ1) is 11.1. The van der Waals surface area contributed by atoms with E-state index in [0.717, 1.165) is 10.6 Å². The Kier molecular flexibility index (Phi) is 4.90. The third-order valence-corrected chi connectivity index (χ3v) is 4.91. The number of nitrogens with one attached hydrogen (secondary N) is 1. The van der Waals surface area contributed by atoms with Gasteiger partial charge in [-0.05, 0) is 30.5 Å². The molecule has 5 nitrogen and oxygen atoms in total. The number of thiazole rings is 1. The zero-order valence-corrected chi connectivity index (χ0v) is 14.1. The van der Waals surface area contributed by atoms with Gasteiger partial charge < -0.3 is 14.8 Å². The summed E-state index contributed by atoms with van der Waals surface area (Å²) in [6, 6.07) is 5.22. The molecule has 0 saturated carbocycles. The maximum atomic E-state index is 12.2. The minimum atomic E-state index is -0.739. The molecule has 0 fully saturated rings.